The molecule has 4 rings (SSSR count). The van der Waals surface area contributed by atoms with E-state index >= 15 is 0 Å². The summed E-state index contributed by atoms with van der Waals surface area (Å²) < 4.78 is 43.7. The van der Waals surface area contributed by atoms with Gasteiger partial charge in [-0.2, -0.15) is 9.40 Å². The molecule has 0 radical (unpaired) electrons. The Hall–Kier alpha value is -4.70. The number of hydrogen-bond donors (Lipinski definition) is 4. The van der Waals surface area contributed by atoms with Gasteiger partial charge < -0.3 is 21.3 Å². The standard InChI is InChI=1S/C32H41FN8O6S/c1-20(2)17-25-32(45)36-21(3)30-38-29(23-11-6-5-7-12-23)39-41(30)19-27(42)34-15-10-16-40(18-28(43)35-22(4)31(44)37-25)48(46,47)26-14-9-8-13-24(26)33/h5-9,11-14,20-22,25H,10,15-19H2,1-4H3,(H,34,42)(H,35,43)(H,36,45)(H,37,44)/t21-,22+,25+/m0/s1. The first-order valence-corrected chi connectivity index (χ1v) is 17.1. The Morgan fingerprint density at radius 1 is 0.875 bits per heavy atom. The Labute approximate surface area is 278 Å². The summed E-state index contributed by atoms with van der Waals surface area (Å²) in [5.41, 5.74) is 0.697. The van der Waals surface area contributed by atoms with Gasteiger partial charge in [0.1, 0.15) is 35.2 Å². The van der Waals surface area contributed by atoms with Crippen molar-refractivity contribution in [3.63, 3.8) is 0 Å². The molecule has 4 amide bonds. The van der Waals surface area contributed by atoms with E-state index in [-0.39, 0.29) is 38.4 Å². The molecule has 0 fully saturated rings. The number of carbonyl (C=O) groups is 4. The van der Waals surface area contributed by atoms with Gasteiger partial charge in [0.25, 0.3) is 0 Å². The molecule has 1 aliphatic rings. The minimum atomic E-state index is -4.49. The van der Waals surface area contributed by atoms with Gasteiger partial charge in [-0.15, -0.1) is 0 Å². The summed E-state index contributed by atoms with van der Waals surface area (Å²) in [6.07, 6.45) is 0.343. The van der Waals surface area contributed by atoms with Crippen LogP contribution in [0.2, 0.25) is 0 Å². The van der Waals surface area contributed by atoms with E-state index in [2.05, 4.69) is 31.3 Å². The molecular weight excluding hydrogens is 643 g/mol. The summed E-state index contributed by atoms with van der Waals surface area (Å²) >= 11 is 0. The van der Waals surface area contributed by atoms with E-state index in [1.165, 1.54) is 23.7 Å². The number of halogens is 1. The van der Waals surface area contributed by atoms with Crippen molar-refractivity contribution >= 4 is 33.7 Å². The number of amides is 4. The van der Waals surface area contributed by atoms with Crippen LogP contribution in [-0.4, -0.2) is 82.8 Å². The molecule has 258 valence electrons. The number of sulfonamides is 1. The van der Waals surface area contributed by atoms with Crippen molar-refractivity contribution in [3.8, 4) is 11.4 Å². The quantitative estimate of drug-likeness (QED) is 0.312. The first-order valence-electron chi connectivity index (χ1n) is 15.7. The highest BCUT2D eigenvalue weighted by atomic mass is 32.2. The van der Waals surface area contributed by atoms with Crippen LogP contribution in [0.5, 0.6) is 0 Å². The number of benzene rings is 2. The zero-order valence-electron chi connectivity index (χ0n) is 27.3. The summed E-state index contributed by atoms with van der Waals surface area (Å²) in [5.74, 6) is -2.81. The minimum Gasteiger partial charge on any atom is -0.354 e. The molecule has 0 saturated heterocycles. The van der Waals surface area contributed by atoms with Crippen LogP contribution in [0.15, 0.2) is 59.5 Å². The van der Waals surface area contributed by atoms with Crippen LogP contribution in [0.4, 0.5) is 4.39 Å². The summed E-state index contributed by atoms with van der Waals surface area (Å²) in [4.78, 5) is 56.8. The van der Waals surface area contributed by atoms with Crippen LogP contribution >= 0.6 is 0 Å². The van der Waals surface area contributed by atoms with Crippen LogP contribution in [0, 0.1) is 11.7 Å². The van der Waals surface area contributed by atoms with Crippen molar-refractivity contribution in [1.29, 1.82) is 0 Å². The van der Waals surface area contributed by atoms with Crippen molar-refractivity contribution in [1.82, 2.24) is 40.3 Å². The Kier molecular flexibility index (Phi) is 12.0. The Balaban J connectivity index is 1.67. The third kappa shape index (κ3) is 9.22. The van der Waals surface area contributed by atoms with E-state index < -0.39 is 69.0 Å². The van der Waals surface area contributed by atoms with Gasteiger partial charge in [-0.25, -0.2) is 22.5 Å². The van der Waals surface area contributed by atoms with Gasteiger partial charge >= 0.3 is 0 Å². The van der Waals surface area contributed by atoms with Gasteiger partial charge in [-0.1, -0.05) is 56.3 Å². The highest BCUT2D eigenvalue weighted by Crippen LogP contribution is 2.21. The lowest BCUT2D eigenvalue weighted by Gasteiger charge is -2.25. The predicted octanol–water partition coefficient (Wildman–Crippen LogP) is 1.51. The normalized spacial score (nSPS) is 21.2. The molecule has 0 saturated carbocycles. The Bertz CT molecular complexity index is 1730. The van der Waals surface area contributed by atoms with Crippen LogP contribution < -0.4 is 21.3 Å². The molecule has 16 heteroatoms. The molecule has 1 aromatic heterocycles. The molecule has 14 nitrogen and oxygen atoms in total. The summed E-state index contributed by atoms with van der Waals surface area (Å²) in [7, 11) is -4.49. The maximum absolute atomic E-state index is 14.6. The predicted molar refractivity (Wildman–Crippen MR) is 174 cm³/mol. The average molecular weight is 685 g/mol. The summed E-state index contributed by atoms with van der Waals surface area (Å²) in [5, 5.41) is 15.3. The minimum absolute atomic E-state index is 0.00274. The monoisotopic (exact) mass is 684 g/mol. The third-order valence-electron chi connectivity index (χ3n) is 7.56. The van der Waals surface area contributed by atoms with Crippen molar-refractivity contribution < 1.29 is 32.0 Å². The molecule has 3 atom stereocenters. The van der Waals surface area contributed by atoms with E-state index in [4.69, 9.17) is 0 Å². The van der Waals surface area contributed by atoms with E-state index in [0.29, 0.717) is 17.2 Å². The number of hydrogen-bond acceptors (Lipinski definition) is 8. The molecule has 0 aliphatic carbocycles. The fourth-order valence-corrected chi connectivity index (χ4v) is 6.64. The largest absolute Gasteiger partial charge is 0.354 e. The van der Waals surface area contributed by atoms with Crippen molar-refractivity contribution in [3.05, 3.63) is 66.2 Å². The molecule has 48 heavy (non-hydrogen) atoms. The number of rotatable bonds is 5. The zero-order chi connectivity index (χ0) is 35.0. The van der Waals surface area contributed by atoms with Crippen LogP contribution in [0.25, 0.3) is 11.4 Å². The zero-order valence-corrected chi connectivity index (χ0v) is 28.1. The lowest BCUT2D eigenvalue weighted by molar-refractivity contribution is -0.132. The van der Waals surface area contributed by atoms with Crippen LogP contribution in [0.1, 0.15) is 52.4 Å². The number of nitrogens with zero attached hydrogens (tertiary/aromatic N) is 4. The second kappa shape index (κ2) is 15.9. The molecular formula is C32H41FN8O6S. The molecule has 0 spiro atoms. The average Bonchev–Trinajstić information content (AvgIpc) is 3.45. The summed E-state index contributed by atoms with van der Waals surface area (Å²) in [6.45, 7) is 5.64. The second-order valence-corrected chi connectivity index (χ2v) is 13.9. The highest BCUT2D eigenvalue weighted by molar-refractivity contribution is 7.89. The fraction of sp³-hybridized carbons (Fsp3) is 0.438. The molecule has 3 aromatic rings. The summed E-state index contributed by atoms with van der Waals surface area (Å²) in [6, 6.07) is 11.0. The Morgan fingerprint density at radius 3 is 2.25 bits per heavy atom. The van der Waals surface area contributed by atoms with Gasteiger partial charge in [-0.05, 0) is 44.7 Å². The van der Waals surface area contributed by atoms with Crippen LogP contribution in [0.3, 0.4) is 0 Å². The molecule has 0 unspecified atom stereocenters. The number of aromatic nitrogens is 3. The number of carbonyl (C=O) groups excluding carboxylic acids is 4. The molecule has 1 aliphatic heterocycles. The smallest absolute Gasteiger partial charge is 0.246 e. The SMILES string of the molecule is CC(C)C[C@H]1NC(=O)[C@@H](C)NC(=O)CN(S(=O)(=O)c2ccccc2F)CCCNC(=O)Cn2nc(-c3ccccc3)nc2[C@H](C)NC1=O. The molecule has 4 N–H and O–H groups in total. The van der Waals surface area contributed by atoms with Gasteiger partial charge in [0.05, 0.1) is 12.6 Å². The number of fused-ring (bicyclic) bond motifs is 1. The first kappa shape index (κ1) is 36.1. The van der Waals surface area contributed by atoms with Gasteiger partial charge in [-0.3, -0.25) is 19.2 Å². The van der Waals surface area contributed by atoms with Crippen molar-refractivity contribution in [2.45, 2.75) is 70.1 Å². The molecule has 0 bridgehead atoms. The van der Waals surface area contributed by atoms with E-state index in [1.807, 2.05) is 44.2 Å². The first-order chi connectivity index (χ1) is 22.8. The van der Waals surface area contributed by atoms with Gasteiger partial charge in [0, 0.05) is 18.7 Å². The van der Waals surface area contributed by atoms with E-state index in [0.717, 1.165) is 16.4 Å². The van der Waals surface area contributed by atoms with Crippen molar-refractivity contribution in [2.24, 2.45) is 5.92 Å². The van der Waals surface area contributed by atoms with E-state index in [9.17, 15) is 32.0 Å². The number of nitrogens with one attached hydrogen (secondary N) is 4. The van der Waals surface area contributed by atoms with Crippen molar-refractivity contribution in [2.75, 3.05) is 19.6 Å². The van der Waals surface area contributed by atoms with Crippen LogP contribution in [-0.2, 0) is 35.7 Å². The van der Waals surface area contributed by atoms with Gasteiger partial charge in [0.15, 0.2) is 5.82 Å². The second-order valence-electron chi connectivity index (χ2n) is 12.0. The van der Waals surface area contributed by atoms with E-state index in [1.54, 1.807) is 6.92 Å². The molecule has 2 aromatic carbocycles. The third-order valence-corrected chi connectivity index (χ3v) is 9.44. The maximum atomic E-state index is 14.6. The van der Waals surface area contributed by atoms with Gasteiger partial charge in [0.2, 0.25) is 33.7 Å². The maximum Gasteiger partial charge on any atom is 0.246 e. The fourth-order valence-electron chi connectivity index (χ4n) is 5.14. The Morgan fingerprint density at radius 2 is 1.56 bits per heavy atom. The lowest BCUT2D eigenvalue weighted by atomic mass is 10.0. The lowest BCUT2D eigenvalue weighted by Crippen LogP contribution is -2.54. The molecule has 2 heterocycles. The highest BCUT2D eigenvalue weighted by Gasteiger charge is 2.31. The topological polar surface area (TPSA) is 184 Å².